The molecule has 3 heteroatoms. The molecule has 17 heavy (non-hydrogen) atoms. The van der Waals surface area contributed by atoms with Gasteiger partial charge in [-0.3, -0.25) is 0 Å². The van der Waals surface area contributed by atoms with Crippen LogP contribution < -0.4 is 0 Å². The van der Waals surface area contributed by atoms with E-state index in [-0.39, 0.29) is 11.4 Å². The van der Waals surface area contributed by atoms with Crippen molar-refractivity contribution >= 4 is 0 Å². The lowest BCUT2D eigenvalue weighted by molar-refractivity contribution is 0.288. The summed E-state index contributed by atoms with van der Waals surface area (Å²) in [5, 5.41) is 0. The molecule has 1 aliphatic rings. The van der Waals surface area contributed by atoms with Gasteiger partial charge in [0.15, 0.2) is 0 Å². The largest absolute Gasteiger partial charge is 0.331 e. The van der Waals surface area contributed by atoms with Gasteiger partial charge in [0.25, 0.3) is 0 Å². The van der Waals surface area contributed by atoms with Crippen LogP contribution >= 0.6 is 0 Å². The minimum Gasteiger partial charge on any atom is -0.331 e. The van der Waals surface area contributed by atoms with Crippen molar-refractivity contribution in [2.75, 3.05) is 0 Å². The molecule has 1 unspecified atom stereocenters. The van der Waals surface area contributed by atoms with E-state index in [4.69, 9.17) is 0 Å². The smallest absolute Gasteiger partial charge is 0.123 e. The first-order valence-electron chi connectivity index (χ1n) is 5.99. The highest BCUT2D eigenvalue weighted by molar-refractivity contribution is 5.36. The molecule has 2 nitrogen and oxygen atoms in total. The Bertz CT molecular complexity index is 533. The number of imidazole rings is 1. The maximum absolute atomic E-state index is 13.2. The predicted octanol–water partition coefficient (Wildman–Crippen LogP) is 2.93. The Labute approximate surface area is 100 Å². The van der Waals surface area contributed by atoms with Crippen molar-refractivity contribution in [3.8, 4) is 0 Å². The molecule has 0 fully saturated rings. The van der Waals surface area contributed by atoms with Gasteiger partial charge in [-0.05, 0) is 42.5 Å². The zero-order valence-electron chi connectivity index (χ0n) is 9.86. The lowest BCUT2D eigenvalue weighted by Crippen LogP contribution is -2.32. The van der Waals surface area contributed by atoms with Gasteiger partial charge in [-0.25, -0.2) is 9.37 Å². The topological polar surface area (TPSA) is 17.8 Å². The summed E-state index contributed by atoms with van der Waals surface area (Å²) in [6, 6.07) is 5.14. The summed E-state index contributed by atoms with van der Waals surface area (Å²) < 4.78 is 15.4. The van der Waals surface area contributed by atoms with Crippen LogP contribution in [-0.4, -0.2) is 9.55 Å². The Balaban J connectivity index is 2.03. The van der Waals surface area contributed by atoms with E-state index in [1.54, 1.807) is 18.3 Å². The first kappa shape index (κ1) is 10.5. The number of benzene rings is 1. The van der Waals surface area contributed by atoms with E-state index in [0.717, 1.165) is 24.8 Å². The predicted molar refractivity (Wildman–Crippen MR) is 64.3 cm³/mol. The first-order valence-corrected chi connectivity index (χ1v) is 5.99. The monoisotopic (exact) mass is 230 g/mol. The molecule has 1 atom stereocenters. The molecule has 1 aromatic heterocycles. The van der Waals surface area contributed by atoms with E-state index >= 15 is 0 Å². The second-order valence-corrected chi connectivity index (χ2v) is 4.81. The molecule has 0 spiro atoms. The number of halogens is 1. The summed E-state index contributed by atoms with van der Waals surface area (Å²) in [6.07, 6.45) is 8.57. The third-order valence-corrected chi connectivity index (χ3v) is 3.92. The van der Waals surface area contributed by atoms with Crippen molar-refractivity contribution in [3.63, 3.8) is 0 Å². The lowest BCUT2D eigenvalue weighted by Gasteiger charge is -2.29. The Morgan fingerprint density at radius 1 is 1.35 bits per heavy atom. The van der Waals surface area contributed by atoms with Gasteiger partial charge in [0, 0.05) is 12.4 Å². The van der Waals surface area contributed by atoms with Gasteiger partial charge < -0.3 is 4.57 Å². The summed E-state index contributed by atoms with van der Waals surface area (Å²) >= 11 is 0. The summed E-state index contributed by atoms with van der Waals surface area (Å²) in [6.45, 7) is 2.18. The van der Waals surface area contributed by atoms with Gasteiger partial charge in [-0.1, -0.05) is 13.0 Å². The van der Waals surface area contributed by atoms with Gasteiger partial charge >= 0.3 is 0 Å². The molecule has 0 N–H and O–H groups in total. The molecule has 0 radical (unpaired) electrons. The quantitative estimate of drug-likeness (QED) is 0.775. The average molecular weight is 230 g/mol. The van der Waals surface area contributed by atoms with Crippen LogP contribution in [0.4, 0.5) is 4.39 Å². The van der Waals surface area contributed by atoms with Gasteiger partial charge in [0.1, 0.15) is 5.82 Å². The molecule has 0 saturated heterocycles. The molecular weight excluding hydrogens is 215 g/mol. The van der Waals surface area contributed by atoms with Crippen LogP contribution in [0.1, 0.15) is 24.5 Å². The fourth-order valence-electron chi connectivity index (χ4n) is 2.86. The standard InChI is InChI=1S/C14H15FN2/c1-2-14(17-6-5-16-10-17)8-11-3-4-13(15)7-12(11)9-14/h3-7,10H,2,8-9H2,1H3. The molecule has 1 aliphatic carbocycles. The second kappa shape index (κ2) is 3.69. The number of hydrogen-bond acceptors (Lipinski definition) is 1. The van der Waals surface area contributed by atoms with E-state index in [2.05, 4.69) is 16.5 Å². The summed E-state index contributed by atoms with van der Waals surface area (Å²) in [5.41, 5.74) is 2.45. The van der Waals surface area contributed by atoms with Gasteiger partial charge in [0.2, 0.25) is 0 Å². The summed E-state index contributed by atoms with van der Waals surface area (Å²) in [7, 11) is 0. The molecule has 2 aromatic rings. The molecule has 1 aromatic carbocycles. The lowest BCUT2D eigenvalue weighted by atomic mass is 9.92. The van der Waals surface area contributed by atoms with Gasteiger partial charge in [0.05, 0.1) is 11.9 Å². The summed E-state index contributed by atoms with van der Waals surface area (Å²) in [5.74, 6) is -0.138. The normalized spacial score (nSPS) is 22.7. The third kappa shape index (κ3) is 1.57. The fourth-order valence-corrected chi connectivity index (χ4v) is 2.86. The van der Waals surface area contributed by atoms with Crippen LogP contribution in [0.25, 0.3) is 0 Å². The number of fused-ring (bicyclic) bond motifs is 1. The van der Waals surface area contributed by atoms with Crippen molar-refractivity contribution in [2.24, 2.45) is 0 Å². The van der Waals surface area contributed by atoms with E-state index in [9.17, 15) is 4.39 Å². The molecular formula is C14H15FN2. The Hall–Kier alpha value is -1.64. The van der Waals surface area contributed by atoms with E-state index in [1.807, 2.05) is 18.6 Å². The molecule has 0 aliphatic heterocycles. The third-order valence-electron chi connectivity index (χ3n) is 3.92. The Morgan fingerprint density at radius 3 is 2.88 bits per heavy atom. The maximum atomic E-state index is 13.2. The highest BCUT2D eigenvalue weighted by Crippen LogP contribution is 2.38. The number of nitrogens with zero attached hydrogens (tertiary/aromatic N) is 2. The highest BCUT2D eigenvalue weighted by Gasteiger charge is 2.37. The first-order chi connectivity index (χ1) is 8.23. The molecule has 0 saturated carbocycles. The van der Waals surface area contributed by atoms with E-state index < -0.39 is 0 Å². The SMILES string of the molecule is CCC1(n2ccnc2)Cc2ccc(F)cc2C1. The van der Waals surface area contributed by atoms with Crippen LogP contribution in [0, 0.1) is 5.82 Å². The number of aromatic nitrogens is 2. The maximum Gasteiger partial charge on any atom is 0.123 e. The number of hydrogen-bond donors (Lipinski definition) is 0. The fraction of sp³-hybridized carbons (Fsp3) is 0.357. The Kier molecular flexibility index (Phi) is 2.28. The minimum absolute atomic E-state index is 0.0482. The van der Waals surface area contributed by atoms with Gasteiger partial charge in [-0.2, -0.15) is 0 Å². The van der Waals surface area contributed by atoms with Crippen LogP contribution in [-0.2, 0) is 18.4 Å². The van der Waals surface area contributed by atoms with Crippen molar-refractivity contribution in [1.82, 2.24) is 9.55 Å². The second-order valence-electron chi connectivity index (χ2n) is 4.81. The zero-order valence-corrected chi connectivity index (χ0v) is 9.86. The van der Waals surface area contributed by atoms with Crippen molar-refractivity contribution in [1.29, 1.82) is 0 Å². The van der Waals surface area contributed by atoms with Crippen LogP contribution in [0.5, 0.6) is 0 Å². The Morgan fingerprint density at radius 2 is 2.18 bits per heavy atom. The van der Waals surface area contributed by atoms with Crippen molar-refractivity contribution in [3.05, 3.63) is 53.9 Å². The summed E-state index contributed by atoms with van der Waals surface area (Å²) in [4.78, 5) is 4.13. The van der Waals surface area contributed by atoms with Crippen LogP contribution in [0.3, 0.4) is 0 Å². The molecule has 3 rings (SSSR count). The van der Waals surface area contributed by atoms with E-state index in [1.165, 1.54) is 5.56 Å². The average Bonchev–Trinajstić information content (AvgIpc) is 2.95. The molecule has 0 amide bonds. The van der Waals surface area contributed by atoms with Crippen molar-refractivity contribution < 1.29 is 4.39 Å². The highest BCUT2D eigenvalue weighted by atomic mass is 19.1. The molecule has 1 heterocycles. The van der Waals surface area contributed by atoms with Crippen molar-refractivity contribution in [2.45, 2.75) is 31.7 Å². The number of rotatable bonds is 2. The minimum atomic E-state index is -0.138. The van der Waals surface area contributed by atoms with E-state index in [0.29, 0.717) is 0 Å². The zero-order chi connectivity index (χ0) is 11.9. The molecule has 88 valence electrons. The van der Waals surface area contributed by atoms with Crippen LogP contribution in [0.15, 0.2) is 36.9 Å². The van der Waals surface area contributed by atoms with Gasteiger partial charge in [-0.15, -0.1) is 0 Å². The molecule has 0 bridgehead atoms. The van der Waals surface area contributed by atoms with Crippen LogP contribution in [0.2, 0.25) is 0 Å².